The van der Waals surface area contributed by atoms with Gasteiger partial charge in [-0.1, -0.05) is 25.1 Å². The van der Waals surface area contributed by atoms with E-state index in [2.05, 4.69) is 28.9 Å². The molecule has 1 saturated heterocycles. The molecule has 1 aliphatic rings. The number of para-hydroxylation sites is 1. The number of anilines is 1. The average Bonchev–Trinajstić information content (AvgIpc) is 2.88. The van der Waals surface area contributed by atoms with Crippen molar-refractivity contribution in [3.05, 3.63) is 36.4 Å². The van der Waals surface area contributed by atoms with Crippen molar-refractivity contribution >= 4 is 22.7 Å². The summed E-state index contributed by atoms with van der Waals surface area (Å²) in [7, 11) is 1.45. The maximum atomic E-state index is 11.7. The highest BCUT2D eigenvalue weighted by Gasteiger charge is 2.36. The molecule has 0 aliphatic carbocycles. The number of carbonyl (C=O) groups excluding carboxylic acids is 1. The third-order valence-corrected chi connectivity index (χ3v) is 4.02. The summed E-state index contributed by atoms with van der Waals surface area (Å²) < 4.78 is 4.87. The number of rotatable bonds is 2. The van der Waals surface area contributed by atoms with Crippen LogP contribution in [-0.4, -0.2) is 31.2 Å². The van der Waals surface area contributed by atoms with Crippen LogP contribution >= 0.6 is 0 Å². The summed E-state index contributed by atoms with van der Waals surface area (Å²) in [5.41, 5.74) is 0.985. The van der Waals surface area contributed by atoms with Crippen molar-refractivity contribution in [2.45, 2.75) is 6.92 Å². The van der Waals surface area contributed by atoms with Crippen LogP contribution in [0.2, 0.25) is 0 Å². The van der Waals surface area contributed by atoms with Gasteiger partial charge in [0.25, 0.3) is 0 Å². The van der Waals surface area contributed by atoms with E-state index in [0.717, 1.165) is 23.3 Å². The Morgan fingerprint density at radius 2 is 2.05 bits per heavy atom. The van der Waals surface area contributed by atoms with Crippen molar-refractivity contribution in [3.8, 4) is 0 Å². The summed E-state index contributed by atoms with van der Waals surface area (Å²) in [6, 6.07) is 12.2. The summed E-state index contributed by atoms with van der Waals surface area (Å²) in [6.45, 7) is 3.60. The molecule has 0 amide bonds. The topological polar surface area (TPSA) is 42.4 Å². The van der Waals surface area contributed by atoms with Crippen LogP contribution < -0.4 is 4.90 Å². The molecule has 0 N–H and O–H groups in total. The predicted octanol–water partition coefficient (Wildman–Crippen LogP) is 2.48. The van der Waals surface area contributed by atoms with Gasteiger partial charge in [0.05, 0.1) is 18.5 Å². The largest absolute Gasteiger partial charge is 0.469 e. The summed E-state index contributed by atoms with van der Waals surface area (Å²) >= 11 is 0. The lowest BCUT2D eigenvalue weighted by atomic mass is 9.99. The number of aromatic nitrogens is 1. The number of esters is 1. The van der Waals surface area contributed by atoms with Gasteiger partial charge < -0.3 is 9.64 Å². The fourth-order valence-corrected chi connectivity index (χ4v) is 2.84. The van der Waals surface area contributed by atoms with Crippen LogP contribution in [0.25, 0.3) is 10.9 Å². The molecule has 2 aromatic rings. The fourth-order valence-electron chi connectivity index (χ4n) is 2.84. The number of benzene rings is 1. The monoisotopic (exact) mass is 270 g/mol. The second-order valence-corrected chi connectivity index (χ2v) is 5.37. The number of hydrogen-bond donors (Lipinski definition) is 0. The SMILES string of the molecule is COC(=O)C1CN(c2ccc3ccccc3n2)CC1C. The molecule has 2 atom stereocenters. The van der Waals surface area contributed by atoms with E-state index in [4.69, 9.17) is 4.74 Å². The molecule has 4 heteroatoms. The molecule has 104 valence electrons. The van der Waals surface area contributed by atoms with Crippen molar-refractivity contribution in [1.82, 2.24) is 4.98 Å². The number of pyridine rings is 1. The lowest BCUT2D eigenvalue weighted by Crippen LogP contribution is -2.24. The first-order valence-electron chi connectivity index (χ1n) is 6.87. The van der Waals surface area contributed by atoms with Gasteiger partial charge in [-0.3, -0.25) is 4.79 Å². The van der Waals surface area contributed by atoms with E-state index in [1.807, 2.05) is 24.3 Å². The maximum absolute atomic E-state index is 11.7. The molecule has 1 aromatic carbocycles. The van der Waals surface area contributed by atoms with Gasteiger partial charge in [0.2, 0.25) is 0 Å². The smallest absolute Gasteiger partial charge is 0.310 e. The Morgan fingerprint density at radius 3 is 2.85 bits per heavy atom. The van der Waals surface area contributed by atoms with Crippen LogP contribution in [0.15, 0.2) is 36.4 Å². The minimum absolute atomic E-state index is 0.0618. The first-order valence-corrected chi connectivity index (χ1v) is 6.87. The summed E-state index contributed by atoms with van der Waals surface area (Å²) in [4.78, 5) is 18.6. The quantitative estimate of drug-likeness (QED) is 0.786. The van der Waals surface area contributed by atoms with Gasteiger partial charge in [-0.25, -0.2) is 4.98 Å². The van der Waals surface area contributed by atoms with Crippen LogP contribution in [0.3, 0.4) is 0 Å². The predicted molar refractivity (Wildman–Crippen MR) is 78.6 cm³/mol. The molecule has 0 saturated carbocycles. The van der Waals surface area contributed by atoms with Gasteiger partial charge in [-0.15, -0.1) is 0 Å². The molecular formula is C16H18N2O2. The summed E-state index contributed by atoms with van der Waals surface area (Å²) in [6.07, 6.45) is 0. The third kappa shape index (κ3) is 2.22. The van der Waals surface area contributed by atoms with E-state index in [1.165, 1.54) is 7.11 Å². The Hall–Kier alpha value is -2.10. The Kier molecular flexibility index (Phi) is 3.30. The number of ether oxygens (including phenoxy) is 1. The zero-order valence-corrected chi connectivity index (χ0v) is 11.7. The number of carbonyl (C=O) groups is 1. The van der Waals surface area contributed by atoms with E-state index in [-0.39, 0.29) is 17.8 Å². The Bertz CT molecular complexity index is 641. The van der Waals surface area contributed by atoms with Gasteiger partial charge >= 0.3 is 5.97 Å². The molecule has 0 radical (unpaired) electrons. The highest BCUT2D eigenvalue weighted by molar-refractivity contribution is 5.80. The standard InChI is InChI=1S/C16H18N2O2/c1-11-9-18(10-13(11)16(19)20-2)15-8-7-12-5-3-4-6-14(12)17-15/h3-8,11,13H,9-10H2,1-2H3. The normalized spacial score (nSPS) is 22.2. The van der Waals surface area contributed by atoms with Gasteiger partial charge in [0, 0.05) is 18.5 Å². The van der Waals surface area contributed by atoms with Crippen molar-refractivity contribution in [2.24, 2.45) is 11.8 Å². The highest BCUT2D eigenvalue weighted by Crippen LogP contribution is 2.28. The second kappa shape index (κ2) is 5.12. The van der Waals surface area contributed by atoms with Crippen LogP contribution in [0.5, 0.6) is 0 Å². The van der Waals surface area contributed by atoms with Gasteiger partial charge in [0.1, 0.15) is 5.82 Å². The van der Waals surface area contributed by atoms with Crippen LogP contribution in [0.1, 0.15) is 6.92 Å². The van der Waals surface area contributed by atoms with Crippen LogP contribution in [0.4, 0.5) is 5.82 Å². The Morgan fingerprint density at radius 1 is 1.25 bits per heavy atom. The molecule has 2 heterocycles. The lowest BCUT2D eigenvalue weighted by molar-refractivity contribution is -0.145. The van der Waals surface area contributed by atoms with E-state index in [1.54, 1.807) is 0 Å². The van der Waals surface area contributed by atoms with E-state index in [0.29, 0.717) is 6.54 Å². The maximum Gasteiger partial charge on any atom is 0.310 e. The minimum atomic E-state index is -0.124. The Balaban J connectivity index is 1.87. The average molecular weight is 270 g/mol. The molecule has 2 unspecified atom stereocenters. The molecule has 1 fully saturated rings. The van der Waals surface area contributed by atoms with E-state index in [9.17, 15) is 4.79 Å². The molecule has 4 nitrogen and oxygen atoms in total. The van der Waals surface area contributed by atoms with Crippen molar-refractivity contribution in [1.29, 1.82) is 0 Å². The highest BCUT2D eigenvalue weighted by atomic mass is 16.5. The van der Waals surface area contributed by atoms with Crippen molar-refractivity contribution in [3.63, 3.8) is 0 Å². The number of hydrogen-bond acceptors (Lipinski definition) is 4. The molecular weight excluding hydrogens is 252 g/mol. The summed E-state index contributed by atoms with van der Waals surface area (Å²) in [5, 5.41) is 1.13. The minimum Gasteiger partial charge on any atom is -0.469 e. The zero-order chi connectivity index (χ0) is 14.1. The van der Waals surface area contributed by atoms with Crippen LogP contribution in [-0.2, 0) is 9.53 Å². The first kappa shape index (κ1) is 12.9. The summed E-state index contributed by atoms with van der Waals surface area (Å²) in [5.74, 6) is 1.03. The molecule has 20 heavy (non-hydrogen) atoms. The lowest BCUT2D eigenvalue weighted by Gasteiger charge is -2.17. The van der Waals surface area contributed by atoms with E-state index < -0.39 is 0 Å². The molecule has 0 bridgehead atoms. The Labute approximate surface area is 118 Å². The van der Waals surface area contributed by atoms with Gasteiger partial charge in [0.15, 0.2) is 0 Å². The first-order chi connectivity index (χ1) is 9.69. The van der Waals surface area contributed by atoms with Crippen LogP contribution in [0, 0.1) is 11.8 Å². The number of fused-ring (bicyclic) bond motifs is 1. The molecule has 3 rings (SSSR count). The fraction of sp³-hybridized carbons (Fsp3) is 0.375. The van der Waals surface area contributed by atoms with Gasteiger partial charge in [-0.05, 0) is 24.1 Å². The molecule has 0 spiro atoms. The number of methoxy groups -OCH3 is 1. The molecule has 1 aliphatic heterocycles. The van der Waals surface area contributed by atoms with Crippen molar-refractivity contribution < 1.29 is 9.53 Å². The van der Waals surface area contributed by atoms with Crippen molar-refractivity contribution in [2.75, 3.05) is 25.1 Å². The number of nitrogens with zero attached hydrogens (tertiary/aromatic N) is 2. The molecule has 1 aromatic heterocycles. The third-order valence-electron chi connectivity index (χ3n) is 4.02. The van der Waals surface area contributed by atoms with Gasteiger partial charge in [-0.2, -0.15) is 0 Å². The zero-order valence-electron chi connectivity index (χ0n) is 11.7. The van der Waals surface area contributed by atoms with E-state index >= 15 is 0 Å². The second-order valence-electron chi connectivity index (χ2n) is 5.37.